The van der Waals surface area contributed by atoms with E-state index in [0.29, 0.717) is 12.0 Å². The second kappa shape index (κ2) is 7.65. The number of fused-ring (bicyclic) bond motifs is 2. The highest BCUT2D eigenvalue weighted by molar-refractivity contribution is 7.23. The summed E-state index contributed by atoms with van der Waals surface area (Å²) in [6, 6.07) is 9.90. The zero-order valence-electron chi connectivity index (χ0n) is 18.0. The molecule has 3 aromatic heterocycles. The van der Waals surface area contributed by atoms with Gasteiger partial charge in [-0.05, 0) is 72.8 Å². The molecule has 2 aliphatic heterocycles. The number of aromatic nitrogens is 2. The molecule has 0 unspecified atom stereocenters. The van der Waals surface area contributed by atoms with Gasteiger partial charge in [0.25, 0.3) is 0 Å². The third-order valence-electron chi connectivity index (χ3n) is 7.29. The Morgan fingerprint density at radius 2 is 1.66 bits per heavy atom. The maximum atomic E-state index is 4.76. The van der Waals surface area contributed by atoms with Crippen LogP contribution in [0.3, 0.4) is 0 Å². The Morgan fingerprint density at radius 1 is 0.875 bits per heavy atom. The lowest BCUT2D eigenvalue weighted by Crippen LogP contribution is -2.29. The maximum Gasteiger partial charge on any atom is 0.109 e. The highest BCUT2D eigenvalue weighted by atomic mass is 32.1. The van der Waals surface area contributed by atoms with Gasteiger partial charge in [-0.2, -0.15) is 0 Å². The first-order valence-electron chi connectivity index (χ1n) is 11.8. The number of hydrogen-bond acceptors (Lipinski definition) is 5. The van der Waals surface area contributed by atoms with Crippen LogP contribution >= 0.6 is 22.7 Å². The van der Waals surface area contributed by atoms with E-state index in [1.54, 1.807) is 0 Å². The smallest absolute Gasteiger partial charge is 0.109 e. The molecule has 3 aliphatic rings. The van der Waals surface area contributed by atoms with Gasteiger partial charge in [-0.1, -0.05) is 12.8 Å². The molecule has 162 valence electrons. The highest BCUT2D eigenvalue weighted by Crippen LogP contribution is 2.41. The maximum absolute atomic E-state index is 4.76. The van der Waals surface area contributed by atoms with E-state index in [9.17, 15) is 0 Å². The summed E-state index contributed by atoms with van der Waals surface area (Å²) in [6.45, 7) is 1.13. The van der Waals surface area contributed by atoms with Crippen LogP contribution in [0.4, 0.5) is 0 Å². The van der Waals surface area contributed by atoms with E-state index in [4.69, 9.17) is 9.98 Å². The monoisotopic (exact) mass is 458 g/mol. The SMILES string of the molecule is C1=C(c2cc3cc4sc(-c5cnc(C6CCCC6)[nH]5)cc4cc3s2)CC([C@@H]2CCCN2)=N1. The predicted octanol–water partition coefficient (Wildman–Crippen LogP) is 7.10. The van der Waals surface area contributed by atoms with Crippen molar-refractivity contribution in [3.8, 4) is 10.6 Å². The van der Waals surface area contributed by atoms with E-state index in [-0.39, 0.29) is 0 Å². The van der Waals surface area contributed by atoms with E-state index < -0.39 is 0 Å². The zero-order valence-corrected chi connectivity index (χ0v) is 19.6. The van der Waals surface area contributed by atoms with Gasteiger partial charge in [0.1, 0.15) is 5.82 Å². The molecule has 0 amide bonds. The molecule has 1 aliphatic carbocycles. The molecule has 1 atom stereocenters. The summed E-state index contributed by atoms with van der Waals surface area (Å²) >= 11 is 3.77. The Labute approximate surface area is 195 Å². The number of H-pyrrole nitrogens is 1. The molecular weight excluding hydrogens is 432 g/mol. The number of imidazole rings is 1. The molecule has 2 N–H and O–H groups in total. The normalized spacial score (nSPS) is 21.8. The van der Waals surface area contributed by atoms with Gasteiger partial charge in [-0.15, -0.1) is 22.7 Å². The van der Waals surface area contributed by atoms with E-state index in [1.165, 1.54) is 91.3 Å². The molecule has 1 aromatic carbocycles. The summed E-state index contributed by atoms with van der Waals surface area (Å²) in [7, 11) is 0. The van der Waals surface area contributed by atoms with Gasteiger partial charge >= 0.3 is 0 Å². The molecule has 0 bridgehead atoms. The van der Waals surface area contributed by atoms with Crippen LogP contribution in [0.1, 0.15) is 61.6 Å². The Morgan fingerprint density at radius 3 is 2.44 bits per heavy atom. The van der Waals surface area contributed by atoms with Crippen LogP contribution < -0.4 is 5.32 Å². The minimum absolute atomic E-state index is 0.485. The molecule has 1 saturated heterocycles. The number of hydrogen-bond donors (Lipinski definition) is 2. The third-order valence-corrected chi connectivity index (χ3v) is 9.60. The van der Waals surface area contributed by atoms with Crippen LogP contribution in [-0.4, -0.2) is 28.3 Å². The number of nitrogens with zero attached hydrogens (tertiary/aromatic N) is 2. The van der Waals surface area contributed by atoms with Gasteiger partial charge in [0.05, 0.1) is 16.8 Å². The number of aliphatic imine (C=N–C) groups is 1. The zero-order chi connectivity index (χ0) is 21.1. The number of allylic oxidation sites excluding steroid dienone is 1. The Bertz CT molecular complexity index is 1320. The Hall–Kier alpha value is -2.28. The molecule has 0 radical (unpaired) electrons. The minimum atomic E-state index is 0.485. The van der Waals surface area contributed by atoms with Crippen LogP contribution in [0.5, 0.6) is 0 Å². The first-order valence-corrected chi connectivity index (χ1v) is 13.5. The standard InChI is InChI=1S/C26H26N4S2/c1-2-5-15(4-1)26-29-14-21(30-26)25-12-17-10-22-16(9-23(17)32-25)11-24(31-22)18-8-20(28-13-18)19-6-3-7-27-19/h9-15,19,27H,1-8H2,(H,29,30)/t19-/m0/s1. The van der Waals surface area contributed by atoms with Crippen LogP contribution in [-0.2, 0) is 0 Å². The van der Waals surface area contributed by atoms with E-state index in [0.717, 1.165) is 13.0 Å². The van der Waals surface area contributed by atoms with Crippen LogP contribution in [0.25, 0.3) is 36.3 Å². The number of benzene rings is 1. The number of rotatable bonds is 4. The van der Waals surface area contributed by atoms with Gasteiger partial charge in [-0.25, -0.2) is 4.98 Å². The topological polar surface area (TPSA) is 53.1 Å². The van der Waals surface area contributed by atoms with Gasteiger partial charge in [0.15, 0.2) is 0 Å². The van der Waals surface area contributed by atoms with Crippen molar-refractivity contribution >= 4 is 54.1 Å². The quantitative estimate of drug-likeness (QED) is 0.343. The van der Waals surface area contributed by atoms with Crippen molar-refractivity contribution in [2.75, 3.05) is 6.54 Å². The fourth-order valence-corrected chi connectivity index (χ4v) is 7.67. The lowest BCUT2D eigenvalue weighted by molar-refractivity contribution is 0.679. The molecule has 0 spiro atoms. The summed E-state index contributed by atoms with van der Waals surface area (Å²) < 4.78 is 2.71. The van der Waals surface area contributed by atoms with Crippen molar-refractivity contribution in [1.82, 2.24) is 15.3 Å². The van der Waals surface area contributed by atoms with Crippen LogP contribution in [0.15, 0.2) is 41.7 Å². The summed E-state index contributed by atoms with van der Waals surface area (Å²) in [6.07, 6.45) is 12.8. The Balaban J connectivity index is 1.16. The molecular formula is C26H26N4S2. The van der Waals surface area contributed by atoms with Crippen molar-refractivity contribution in [2.45, 2.75) is 56.9 Å². The van der Waals surface area contributed by atoms with Gasteiger partial charge in [0.2, 0.25) is 0 Å². The first-order chi connectivity index (χ1) is 15.8. The van der Waals surface area contributed by atoms with E-state index in [2.05, 4.69) is 40.8 Å². The highest BCUT2D eigenvalue weighted by Gasteiger charge is 2.24. The second-order valence-electron chi connectivity index (χ2n) is 9.41. The number of nitrogens with one attached hydrogen (secondary N) is 2. The van der Waals surface area contributed by atoms with Crippen molar-refractivity contribution in [1.29, 1.82) is 0 Å². The minimum Gasteiger partial charge on any atom is -0.341 e. The molecule has 4 aromatic rings. The molecule has 7 rings (SSSR count). The summed E-state index contributed by atoms with van der Waals surface area (Å²) in [5.74, 6) is 1.81. The molecule has 32 heavy (non-hydrogen) atoms. The van der Waals surface area contributed by atoms with Gasteiger partial charge in [-0.3, -0.25) is 4.99 Å². The lowest BCUT2D eigenvalue weighted by Gasteiger charge is -2.10. The van der Waals surface area contributed by atoms with E-state index in [1.807, 2.05) is 28.9 Å². The van der Waals surface area contributed by atoms with Gasteiger partial charge in [0, 0.05) is 44.6 Å². The summed E-state index contributed by atoms with van der Waals surface area (Å²) in [5.41, 5.74) is 3.85. The summed E-state index contributed by atoms with van der Waals surface area (Å²) in [5, 5.41) is 6.26. The van der Waals surface area contributed by atoms with Crippen LogP contribution in [0, 0.1) is 0 Å². The lowest BCUT2D eigenvalue weighted by atomic mass is 10.0. The van der Waals surface area contributed by atoms with Crippen LogP contribution in [0.2, 0.25) is 0 Å². The van der Waals surface area contributed by atoms with E-state index >= 15 is 0 Å². The molecule has 5 heterocycles. The van der Waals surface area contributed by atoms with Crippen molar-refractivity contribution in [2.24, 2.45) is 4.99 Å². The van der Waals surface area contributed by atoms with Gasteiger partial charge < -0.3 is 10.3 Å². The molecule has 4 nitrogen and oxygen atoms in total. The fourth-order valence-electron chi connectivity index (χ4n) is 5.51. The average Bonchev–Trinajstić information content (AvgIpc) is 3.65. The van der Waals surface area contributed by atoms with Crippen molar-refractivity contribution < 1.29 is 0 Å². The number of thiophene rings is 2. The molecule has 1 saturated carbocycles. The predicted molar refractivity (Wildman–Crippen MR) is 137 cm³/mol. The Kier molecular flexibility index (Phi) is 4.59. The number of aromatic amines is 1. The third kappa shape index (κ3) is 3.28. The largest absolute Gasteiger partial charge is 0.341 e. The first kappa shape index (κ1) is 19.2. The van der Waals surface area contributed by atoms with Crippen molar-refractivity contribution in [3.05, 3.63) is 47.4 Å². The molecule has 2 fully saturated rings. The molecule has 6 heteroatoms. The van der Waals surface area contributed by atoms with Crippen molar-refractivity contribution in [3.63, 3.8) is 0 Å². The average molecular weight is 459 g/mol. The second-order valence-corrected chi connectivity index (χ2v) is 11.6. The summed E-state index contributed by atoms with van der Waals surface area (Å²) in [4.78, 5) is 15.7. The fraction of sp³-hybridized carbons (Fsp3) is 0.385.